The van der Waals surface area contributed by atoms with Gasteiger partial charge in [-0.05, 0) is 32.4 Å². The maximum Gasteiger partial charge on any atom is 0.295 e. The van der Waals surface area contributed by atoms with Gasteiger partial charge in [-0.25, -0.2) is 4.98 Å². The van der Waals surface area contributed by atoms with Crippen LogP contribution in [-0.2, 0) is 0 Å². The molecule has 8 nitrogen and oxygen atoms in total. The van der Waals surface area contributed by atoms with Crippen molar-refractivity contribution in [2.75, 3.05) is 18.4 Å². The number of nitrogens with one attached hydrogen (secondary N) is 2. The van der Waals surface area contributed by atoms with Crippen LogP contribution in [0.2, 0.25) is 0 Å². The van der Waals surface area contributed by atoms with E-state index in [1.165, 1.54) is 12.3 Å². The average molecular weight is 368 g/mol. The van der Waals surface area contributed by atoms with E-state index < -0.39 is 4.92 Å². The van der Waals surface area contributed by atoms with Gasteiger partial charge in [-0.2, -0.15) is 0 Å². The standard InChI is InChI=1S/C19H20N4O4/c1-12-7-10-27-18(12)19(24)21-9-4-8-20-15-11-13(2)22-17-14(15)5-3-6-16(17)23(25)26/h3,5-7,10-11H,4,8-9H2,1-2H3,(H,20,22)(H,21,24). The molecule has 2 aromatic heterocycles. The minimum atomic E-state index is -0.426. The van der Waals surface area contributed by atoms with Crippen LogP contribution in [0.3, 0.4) is 0 Å². The molecular weight excluding hydrogens is 348 g/mol. The van der Waals surface area contributed by atoms with Crippen LogP contribution in [-0.4, -0.2) is 28.9 Å². The van der Waals surface area contributed by atoms with E-state index in [1.54, 1.807) is 25.1 Å². The Bertz CT molecular complexity index is 997. The Hall–Kier alpha value is -3.42. The minimum absolute atomic E-state index is 0.0136. The van der Waals surface area contributed by atoms with Gasteiger partial charge in [0, 0.05) is 41.5 Å². The first-order chi connectivity index (χ1) is 13.0. The maximum absolute atomic E-state index is 12.0. The minimum Gasteiger partial charge on any atom is -0.459 e. The first-order valence-corrected chi connectivity index (χ1v) is 8.58. The number of nitro groups is 1. The normalized spacial score (nSPS) is 10.7. The highest BCUT2D eigenvalue weighted by Crippen LogP contribution is 2.29. The zero-order valence-corrected chi connectivity index (χ0v) is 15.1. The molecule has 0 atom stereocenters. The number of aryl methyl sites for hydroxylation is 2. The fourth-order valence-corrected chi connectivity index (χ4v) is 2.85. The van der Waals surface area contributed by atoms with Gasteiger partial charge in [-0.1, -0.05) is 12.1 Å². The number of para-hydroxylation sites is 1. The molecule has 1 amide bonds. The largest absolute Gasteiger partial charge is 0.459 e. The third kappa shape index (κ3) is 4.05. The van der Waals surface area contributed by atoms with Gasteiger partial charge in [0.1, 0.15) is 0 Å². The van der Waals surface area contributed by atoms with Gasteiger partial charge >= 0.3 is 0 Å². The summed E-state index contributed by atoms with van der Waals surface area (Å²) < 4.78 is 5.15. The number of nitro benzene ring substituents is 1. The lowest BCUT2D eigenvalue weighted by Gasteiger charge is -2.11. The van der Waals surface area contributed by atoms with Crippen LogP contribution in [0, 0.1) is 24.0 Å². The lowest BCUT2D eigenvalue weighted by atomic mass is 10.1. The van der Waals surface area contributed by atoms with Crippen LogP contribution in [0.4, 0.5) is 11.4 Å². The quantitative estimate of drug-likeness (QED) is 0.375. The average Bonchev–Trinajstić information content (AvgIpc) is 3.06. The maximum atomic E-state index is 12.0. The van der Waals surface area contributed by atoms with Crippen LogP contribution < -0.4 is 10.6 Å². The van der Waals surface area contributed by atoms with Gasteiger partial charge < -0.3 is 15.1 Å². The number of fused-ring (bicyclic) bond motifs is 1. The molecular formula is C19H20N4O4. The van der Waals surface area contributed by atoms with Gasteiger partial charge in [-0.3, -0.25) is 14.9 Å². The van der Waals surface area contributed by atoms with Crippen molar-refractivity contribution in [3.63, 3.8) is 0 Å². The van der Waals surface area contributed by atoms with Crippen molar-refractivity contribution in [1.29, 1.82) is 0 Å². The van der Waals surface area contributed by atoms with Gasteiger partial charge in [0.2, 0.25) is 0 Å². The van der Waals surface area contributed by atoms with Crippen LogP contribution >= 0.6 is 0 Å². The number of carbonyl (C=O) groups excluding carboxylic acids is 1. The smallest absolute Gasteiger partial charge is 0.295 e. The van der Waals surface area contributed by atoms with E-state index in [-0.39, 0.29) is 11.6 Å². The van der Waals surface area contributed by atoms with E-state index in [2.05, 4.69) is 15.6 Å². The topological polar surface area (TPSA) is 110 Å². The molecule has 0 fully saturated rings. The van der Waals surface area contributed by atoms with Crippen LogP contribution in [0.25, 0.3) is 10.9 Å². The summed E-state index contributed by atoms with van der Waals surface area (Å²) in [5, 5.41) is 18.0. The lowest BCUT2D eigenvalue weighted by Crippen LogP contribution is -2.26. The molecule has 2 N–H and O–H groups in total. The van der Waals surface area contributed by atoms with Gasteiger partial charge in [0.25, 0.3) is 11.6 Å². The molecule has 0 saturated carbocycles. The Labute approximate surface area is 155 Å². The zero-order chi connectivity index (χ0) is 19.4. The fourth-order valence-electron chi connectivity index (χ4n) is 2.85. The number of hydrogen-bond donors (Lipinski definition) is 2. The third-order valence-electron chi connectivity index (χ3n) is 4.17. The number of aromatic nitrogens is 1. The summed E-state index contributed by atoms with van der Waals surface area (Å²) in [6.07, 6.45) is 2.17. The highest BCUT2D eigenvalue weighted by atomic mass is 16.6. The van der Waals surface area contributed by atoms with E-state index in [0.717, 1.165) is 11.3 Å². The van der Waals surface area contributed by atoms with Gasteiger partial charge in [0.15, 0.2) is 11.3 Å². The molecule has 3 aromatic rings. The van der Waals surface area contributed by atoms with E-state index >= 15 is 0 Å². The monoisotopic (exact) mass is 368 g/mol. The number of benzene rings is 1. The van der Waals surface area contributed by atoms with Crippen LogP contribution in [0.15, 0.2) is 41.0 Å². The number of furan rings is 1. The first kappa shape index (κ1) is 18.4. The molecule has 0 unspecified atom stereocenters. The SMILES string of the molecule is Cc1cc(NCCCNC(=O)c2occc2C)c2cccc([N+](=O)[O-])c2n1. The van der Waals surface area contributed by atoms with Gasteiger partial charge in [0.05, 0.1) is 11.2 Å². The number of anilines is 1. The van der Waals surface area contributed by atoms with Crippen molar-refractivity contribution in [2.24, 2.45) is 0 Å². The van der Waals surface area contributed by atoms with E-state index in [0.29, 0.717) is 41.9 Å². The molecule has 3 rings (SSSR count). The number of nitrogens with zero attached hydrogens (tertiary/aromatic N) is 2. The number of hydrogen-bond acceptors (Lipinski definition) is 6. The third-order valence-corrected chi connectivity index (χ3v) is 4.17. The molecule has 0 spiro atoms. The molecule has 8 heteroatoms. The first-order valence-electron chi connectivity index (χ1n) is 8.58. The number of amides is 1. The molecule has 0 aliphatic heterocycles. The second kappa shape index (κ2) is 7.86. The Balaban J connectivity index is 1.62. The fraction of sp³-hybridized carbons (Fsp3) is 0.263. The summed E-state index contributed by atoms with van der Waals surface area (Å²) in [6, 6.07) is 8.50. The summed E-state index contributed by atoms with van der Waals surface area (Å²) in [5.74, 6) is 0.0874. The van der Waals surface area contributed by atoms with E-state index in [1.807, 2.05) is 13.0 Å². The molecule has 0 aliphatic carbocycles. The van der Waals surface area contributed by atoms with Crippen molar-refractivity contribution in [2.45, 2.75) is 20.3 Å². The molecule has 1 aromatic carbocycles. The number of pyridine rings is 1. The van der Waals surface area contributed by atoms with Crippen LogP contribution in [0.1, 0.15) is 28.2 Å². The Morgan fingerprint density at radius 3 is 2.78 bits per heavy atom. The predicted octanol–water partition coefficient (Wildman–Crippen LogP) is 3.58. The number of rotatable bonds is 7. The highest BCUT2D eigenvalue weighted by molar-refractivity contribution is 5.96. The molecule has 2 heterocycles. The zero-order valence-electron chi connectivity index (χ0n) is 15.1. The predicted molar refractivity (Wildman–Crippen MR) is 102 cm³/mol. The van der Waals surface area contributed by atoms with Crippen molar-refractivity contribution in [3.05, 3.63) is 63.7 Å². The summed E-state index contributed by atoms with van der Waals surface area (Å²) in [6.45, 7) is 4.69. The Kier molecular flexibility index (Phi) is 5.35. The highest BCUT2D eigenvalue weighted by Gasteiger charge is 2.15. The Morgan fingerprint density at radius 1 is 1.26 bits per heavy atom. The molecule has 27 heavy (non-hydrogen) atoms. The van der Waals surface area contributed by atoms with E-state index in [9.17, 15) is 14.9 Å². The Morgan fingerprint density at radius 2 is 2.07 bits per heavy atom. The second-order valence-electron chi connectivity index (χ2n) is 6.21. The lowest BCUT2D eigenvalue weighted by molar-refractivity contribution is -0.383. The summed E-state index contributed by atoms with van der Waals surface area (Å²) in [5.41, 5.74) is 2.63. The molecule has 0 radical (unpaired) electrons. The van der Waals surface area contributed by atoms with Gasteiger partial charge in [-0.15, -0.1) is 0 Å². The van der Waals surface area contributed by atoms with Crippen molar-refractivity contribution < 1.29 is 14.1 Å². The van der Waals surface area contributed by atoms with Crippen molar-refractivity contribution >= 4 is 28.2 Å². The molecule has 0 bridgehead atoms. The van der Waals surface area contributed by atoms with Crippen molar-refractivity contribution in [3.8, 4) is 0 Å². The summed E-state index contributed by atoms with van der Waals surface area (Å²) >= 11 is 0. The number of non-ortho nitro benzene ring substituents is 1. The van der Waals surface area contributed by atoms with E-state index in [4.69, 9.17) is 4.42 Å². The molecule has 140 valence electrons. The number of carbonyl (C=O) groups is 1. The van der Waals surface area contributed by atoms with Crippen LogP contribution in [0.5, 0.6) is 0 Å². The second-order valence-corrected chi connectivity index (χ2v) is 6.21. The molecule has 0 aliphatic rings. The van der Waals surface area contributed by atoms with Crippen molar-refractivity contribution in [1.82, 2.24) is 10.3 Å². The summed E-state index contributed by atoms with van der Waals surface area (Å²) in [7, 11) is 0. The molecule has 0 saturated heterocycles. The summed E-state index contributed by atoms with van der Waals surface area (Å²) in [4.78, 5) is 27.1.